The van der Waals surface area contributed by atoms with E-state index in [9.17, 15) is 9.18 Å². The van der Waals surface area contributed by atoms with E-state index in [0.717, 1.165) is 5.56 Å². The number of amides is 1. The second-order valence-electron chi connectivity index (χ2n) is 4.52. The fraction of sp³-hybridized carbons (Fsp3) is 0.385. The molecule has 0 aliphatic heterocycles. The largest absolute Gasteiger partial charge is 0.340 e. The van der Waals surface area contributed by atoms with Crippen molar-refractivity contribution in [3.63, 3.8) is 0 Å². The highest BCUT2D eigenvalue weighted by atomic mass is 19.1. The van der Waals surface area contributed by atoms with Crippen LogP contribution >= 0.6 is 0 Å². The maximum absolute atomic E-state index is 12.7. The molecule has 0 fully saturated rings. The van der Waals surface area contributed by atoms with Crippen molar-refractivity contribution in [1.82, 2.24) is 4.90 Å². The van der Waals surface area contributed by atoms with Crippen LogP contribution in [0, 0.1) is 22.6 Å². The number of hydrogen-bond donors (Lipinski definition) is 0. The molecule has 0 aromatic heterocycles. The van der Waals surface area contributed by atoms with Gasteiger partial charge < -0.3 is 4.90 Å². The molecule has 1 aromatic rings. The van der Waals surface area contributed by atoms with Gasteiger partial charge in [-0.05, 0) is 31.5 Å². The van der Waals surface area contributed by atoms with Gasteiger partial charge in [0.25, 0.3) is 0 Å². The molecule has 3 nitrogen and oxygen atoms in total. The molecule has 0 aliphatic rings. The first-order chi connectivity index (χ1) is 7.86. The SMILES string of the molecule is CN(Cc1ccc(F)cc1)C(=O)C(C)(C)C#N. The topological polar surface area (TPSA) is 44.1 Å². The Kier molecular flexibility index (Phi) is 3.84. The molecule has 0 heterocycles. The Labute approximate surface area is 100 Å². The van der Waals surface area contributed by atoms with E-state index >= 15 is 0 Å². The van der Waals surface area contributed by atoms with E-state index in [1.807, 2.05) is 6.07 Å². The molecular formula is C13H15FN2O. The van der Waals surface area contributed by atoms with Crippen molar-refractivity contribution in [3.8, 4) is 6.07 Å². The summed E-state index contributed by atoms with van der Waals surface area (Å²) < 4.78 is 12.7. The first-order valence-corrected chi connectivity index (χ1v) is 5.28. The zero-order valence-corrected chi connectivity index (χ0v) is 10.2. The fourth-order valence-electron chi connectivity index (χ4n) is 1.46. The number of nitriles is 1. The van der Waals surface area contributed by atoms with Gasteiger partial charge in [-0.25, -0.2) is 4.39 Å². The van der Waals surface area contributed by atoms with E-state index in [4.69, 9.17) is 5.26 Å². The van der Waals surface area contributed by atoms with Crippen LogP contribution in [0.15, 0.2) is 24.3 Å². The minimum Gasteiger partial charge on any atom is -0.340 e. The molecule has 4 heteroatoms. The predicted molar refractivity (Wildman–Crippen MR) is 62.3 cm³/mol. The Bertz CT molecular complexity index is 445. The molecular weight excluding hydrogens is 219 g/mol. The molecule has 90 valence electrons. The van der Waals surface area contributed by atoms with Gasteiger partial charge in [0.2, 0.25) is 5.91 Å². The molecule has 1 rings (SSSR count). The molecule has 0 spiro atoms. The van der Waals surface area contributed by atoms with Gasteiger partial charge in [-0.1, -0.05) is 12.1 Å². The molecule has 0 radical (unpaired) electrons. The summed E-state index contributed by atoms with van der Waals surface area (Å²) in [5, 5.41) is 8.87. The van der Waals surface area contributed by atoms with Crippen molar-refractivity contribution in [2.24, 2.45) is 5.41 Å². The highest BCUT2D eigenvalue weighted by molar-refractivity contribution is 5.84. The third-order valence-electron chi connectivity index (χ3n) is 2.49. The lowest BCUT2D eigenvalue weighted by Crippen LogP contribution is -2.37. The van der Waals surface area contributed by atoms with Gasteiger partial charge in [0.15, 0.2) is 0 Å². The molecule has 1 aromatic carbocycles. The lowest BCUT2D eigenvalue weighted by molar-refractivity contribution is -0.136. The fourth-order valence-corrected chi connectivity index (χ4v) is 1.46. The Balaban J connectivity index is 2.74. The van der Waals surface area contributed by atoms with Crippen molar-refractivity contribution >= 4 is 5.91 Å². The summed E-state index contributed by atoms with van der Waals surface area (Å²) in [7, 11) is 1.63. The van der Waals surface area contributed by atoms with E-state index in [1.165, 1.54) is 17.0 Å². The first kappa shape index (κ1) is 13.2. The van der Waals surface area contributed by atoms with Crippen molar-refractivity contribution in [3.05, 3.63) is 35.6 Å². The lowest BCUT2D eigenvalue weighted by atomic mass is 9.94. The summed E-state index contributed by atoms with van der Waals surface area (Å²) in [6, 6.07) is 7.91. The summed E-state index contributed by atoms with van der Waals surface area (Å²) in [5.41, 5.74) is -0.203. The number of rotatable bonds is 3. The molecule has 0 N–H and O–H groups in total. The monoisotopic (exact) mass is 234 g/mol. The summed E-state index contributed by atoms with van der Waals surface area (Å²) in [5.74, 6) is -0.551. The maximum Gasteiger partial charge on any atom is 0.242 e. The van der Waals surface area contributed by atoms with Gasteiger partial charge >= 0.3 is 0 Å². The van der Waals surface area contributed by atoms with Gasteiger partial charge in [0, 0.05) is 13.6 Å². The maximum atomic E-state index is 12.7. The van der Waals surface area contributed by atoms with E-state index in [1.54, 1.807) is 33.0 Å². The Morgan fingerprint density at radius 1 is 1.41 bits per heavy atom. The molecule has 0 saturated carbocycles. The van der Waals surface area contributed by atoms with Crippen LogP contribution in [0.2, 0.25) is 0 Å². The number of benzene rings is 1. The van der Waals surface area contributed by atoms with Gasteiger partial charge in [-0.3, -0.25) is 4.79 Å². The molecule has 0 aliphatic carbocycles. The average Bonchev–Trinajstić information content (AvgIpc) is 2.31. The molecule has 1 amide bonds. The molecule has 0 unspecified atom stereocenters. The smallest absolute Gasteiger partial charge is 0.242 e. The van der Waals surface area contributed by atoms with Crippen LogP contribution in [0.25, 0.3) is 0 Å². The number of carbonyl (C=O) groups excluding carboxylic acids is 1. The minimum absolute atomic E-state index is 0.246. The van der Waals surface area contributed by atoms with Crippen LogP contribution in [0.1, 0.15) is 19.4 Å². The predicted octanol–water partition coefficient (Wildman–Crippen LogP) is 2.33. The Morgan fingerprint density at radius 2 is 1.94 bits per heavy atom. The molecule has 0 saturated heterocycles. The van der Waals surface area contributed by atoms with Crippen LogP contribution < -0.4 is 0 Å². The summed E-state index contributed by atoms with van der Waals surface area (Å²) in [6.45, 7) is 3.53. The van der Waals surface area contributed by atoms with Crippen molar-refractivity contribution in [1.29, 1.82) is 5.26 Å². The minimum atomic E-state index is -1.03. The summed E-state index contributed by atoms with van der Waals surface area (Å²) in [4.78, 5) is 13.4. The van der Waals surface area contributed by atoms with Crippen molar-refractivity contribution in [2.75, 3.05) is 7.05 Å². The van der Waals surface area contributed by atoms with Gasteiger partial charge in [0.05, 0.1) is 6.07 Å². The normalized spacial score (nSPS) is 10.8. The van der Waals surface area contributed by atoms with Crippen molar-refractivity contribution in [2.45, 2.75) is 20.4 Å². The average molecular weight is 234 g/mol. The Hall–Kier alpha value is -1.89. The van der Waals surface area contributed by atoms with Crippen LogP contribution in [0.4, 0.5) is 4.39 Å². The summed E-state index contributed by atoms with van der Waals surface area (Å²) in [6.07, 6.45) is 0. The van der Waals surface area contributed by atoms with Gasteiger partial charge in [-0.15, -0.1) is 0 Å². The van der Waals surface area contributed by atoms with Crippen molar-refractivity contribution < 1.29 is 9.18 Å². The van der Waals surface area contributed by atoms with Gasteiger partial charge in [0.1, 0.15) is 11.2 Å². The molecule has 0 atom stereocenters. The van der Waals surface area contributed by atoms with Crippen LogP contribution in [0.3, 0.4) is 0 Å². The molecule has 0 bridgehead atoms. The van der Waals surface area contributed by atoms with E-state index in [2.05, 4.69) is 0 Å². The zero-order valence-electron chi connectivity index (χ0n) is 10.2. The number of hydrogen-bond acceptors (Lipinski definition) is 2. The van der Waals surface area contributed by atoms with E-state index < -0.39 is 5.41 Å². The summed E-state index contributed by atoms with van der Waals surface area (Å²) >= 11 is 0. The third kappa shape index (κ3) is 3.28. The second kappa shape index (κ2) is 4.96. The lowest BCUT2D eigenvalue weighted by Gasteiger charge is -2.24. The number of carbonyl (C=O) groups is 1. The third-order valence-corrected chi connectivity index (χ3v) is 2.49. The van der Waals surface area contributed by atoms with Crippen LogP contribution in [-0.4, -0.2) is 17.9 Å². The highest BCUT2D eigenvalue weighted by Gasteiger charge is 2.30. The van der Waals surface area contributed by atoms with Gasteiger partial charge in [-0.2, -0.15) is 5.26 Å². The van der Waals surface area contributed by atoms with Crippen LogP contribution in [0.5, 0.6) is 0 Å². The standard InChI is InChI=1S/C13H15FN2O/c1-13(2,9-15)12(17)16(3)8-10-4-6-11(14)7-5-10/h4-7H,8H2,1-3H3. The zero-order chi connectivity index (χ0) is 13.1. The van der Waals surface area contributed by atoms with E-state index in [0.29, 0.717) is 6.54 Å². The highest BCUT2D eigenvalue weighted by Crippen LogP contribution is 2.18. The second-order valence-corrected chi connectivity index (χ2v) is 4.52. The first-order valence-electron chi connectivity index (χ1n) is 5.28. The quantitative estimate of drug-likeness (QED) is 0.805. The molecule has 17 heavy (non-hydrogen) atoms. The number of halogens is 1. The van der Waals surface area contributed by atoms with E-state index in [-0.39, 0.29) is 11.7 Å². The van der Waals surface area contributed by atoms with Crippen LogP contribution in [-0.2, 0) is 11.3 Å². The Morgan fingerprint density at radius 3 is 2.41 bits per heavy atom. The number of nitrogens with zero attached hydrogens (tertiary/aromatic N) is 2.